The summed E-state index contributed by atoms with van der Waals surface area (Å²) in [5, 5.41) is 9.73. The van der Waals surface area contributed by atoms with Crippen LogP contribution in [-0.4, -0.2) is 47.2 Å². The van der Waals surface area contributed by atoms with Gasteiger partial charge in [0.1, 0.15) is 11.5 Å². The number of rotatable bonds is 12. The van der Waals surface area contributed by atoms with Crippen LogP contribution in [0.4, 0.5) is 0 Å². The molecule has 1 aliphatic rings. The summed E-state index contributed by atoms with van der Waals surface area (Å²) in [5.74, 6) is -4.86. The number of ether oxygens (including phenoxy) is 3. The zero-order chi connectivity index (χ0) is 26.9. The molecule has 3 rings (SSSR count). The molecular formula is C28H33NO8. The molecular weight excluding hydrogens is 478 g/mol. The number of para-hydroxylation sites is 1. The number of carbonyl (C=O) groups excluding carboxylic acids is 3. The van der Waals surface area contributed by atoms with Crippen molar-refractivity contribution in [3.63, 3.8) is 0 Å². The van der Waals surface area contributed by atoms with E-state index >= 15 is 0 Å². The molecule has 0 spiro atoms. The first-order valence-corrected chi connectivity index (χ1v) is 12.4. The second-order valence-corrected chi connectivity index (χ2v) is 9.33. The van der Waals surface area contributed by atoms with Gasteiger partial charge in [-0.05, 0) is 42.7 Å². The predicted molar refractivity (Wildman–Crippen MR) is 133 cm³/mol. The van der Waals surface area contributed by atoms with Gasteiger partial charge in [0.25, 0.3) is 0 Å². The number of aliphatic carboxylic acids is 1. The van der Waals surface area contributed by atoms with Crippen LogP contribution in [0.2, 0.25) is 0 Å². The lowest BCUT2D eigenvalue weighted by atomic mass is 9.64. The molecule has 3 unspecified atom stereocenters. The number of esters is 2. The van der Waals surface area contributed by atoms with Crippen LogP contribution in [-0.2, 0) is 35.2 Å². The van der Waals surface area contributed by atoms with Gasteiger partial charge in [0.2, 0.25) is 12.7 Å². The highest BCUT2D eigenvalue weighted by Gasteiger charge is 2.54. The first-order valence-electron chi connectivity index (χ1n) is 12.4. The Balaban J connectivity index is 1.60. The molecule has 1 N–H and O–H groups in total. The SMILES string of the molecule is CCCN(Cc1ccc(Oc2ccccc2)cc1)C(=O)C1CC(C(=O)OCOC(=O)C(C)C)C1C(=O)O. The summed E-state index contributed by atoms with van der Waals surface area (Å²) in [6.07, 6.45) is 0.759. The topological polar surface area (TPSA) is 119 Å². The van der Waals surface area contributed by atoms with E-state index in [-0.39, 0.29) is 18.2 Å². The lowest BCUT2D eigenvalue weighted by molar-refractivity contribution is -0.184. The zero-order valence-electron chi connectivity index (χ0n) is 21.3. The second-order valence-electron chi connectivity index (χ2n) is 9.33. The normalized spacial score (nSPS) is 18.4. The number of hydrogen-bond donors (Lipinski definition) is 1. The summed E-state index contributed by atoms with van der Waals surface area (Å²) < 4.78 is 15.6. The molecule has 1 saturated carbocycles. The first kappa shape index (κ1) is 27.7. The summed E-state index contributed by atoms with van der Waals surface area (Å²) in [5.41, 5.74) is 0.872. The van der Waals surface area contributed by atoms with Gasteiger partial charge in [0.05, 0.1) is 23.7 Å². The number of benzene rings is 2. The Morgan fingerprint density at radius 2 is 1.59 bits per heavy atom. The molecule has 9 heteroatoms. The fraction of sp³-hybridized carbons (Fsp3) is 0.429. The third kappa shape index (κ3) is 7.31. The maximum atomic E-state index is 13.3. The lowest BCUT2D eigenvalue weighted by Crippen LogP contribution is -2.54. The van der Waals surface area contributed by atoms with Gasteiger partial charge in [0, 0.05) is 13.1 Å². The van der Waals surface area contributed by atoms with Crippen molar-refractivity contribution in [2.45, 2.75) is 40.2 Å². The summed E-state index contributed by atoms with van der Waals surface area (Å²) in [6.45, 7) is 5.39. The van der Waals surface area contributed by atoms with Crippen molar-refractivity contribution >= 4 is 23.8 Å². The zero-order valence-corrected chi connectivity index (χ0v) is 21.3. The van der Waals surface area contributed by atoms with E-state index in [4.69, 9.17) is 14.2 Å². The predicted octanol–water partition coefficient (Wildman–Crippen LogP) is 4.25. The van der Waals surface area contributed by atoms with Crippen molar-refractivity contribution in [2.75, 3.05) is 13.3 Å². The van der Waals surface area contributed by atoms with E-state index in [0.717, 1.165) is 5.56 Å². The Hall–Kier alpha value is -3.88. The van der Waals surface area contributed by atoms with E-state index in [1.54, 1.807) is 18.7 Å². The number of carbonyl (C=O) groups is 4. The Morgan fingerprint density at radius 3 is 2.19 bits per heavy atom. The number of hydrogen-bond acceptors (Lipinski definition) is 7. The molecule has 1 aliphatic carbocycles. The molecule has 2 aromatic rings. The quantitative estimate of drug-likeness (QED) is 0.332. The van der Waals surface area contributed by atoms with E-state index in [1.165, 1.54) is 0 Å². The second kappa shape index (κ2) is 12.9. The maximum Gasteiger partial charge on any atom is 0.312 e. The van der Waals surface area contributed by atoms with E-state index < -0.39 is 42.5 Å². The minimum absolute atomic E-state index is 0.0663. The van der Waals surface area contributed by atoms with E-state index in [0.29, 0.717) is 31.0 Å². The van der Waals surface area contributed by atoms with Gasteiger partial charge in [0.15, 0.2) is 0 Å². The first-order chi connectivity index (χ1) is 17.7. The van der Waals surface area contributed by atoms with Crippen molar-refractivity contribution in [3.8, 4) is 11.5 Å². The third-order valence-corrected chi connectivity index (χ3v) is 6.23. The number of carboxylic acid groups (broad SMARTS) is 1. The van der Waals surface area contributed by atoms with Crippen molar-refractivity contribution in [1.82, 2.24) is 4.90 Å². The highest BCUT2D eigenvalue weighted by molar-refractivity contribution is 5.92. The van der Waals surface area contributed by atoms with Gasteiger partial charge in [-0.2, -0.15) is 0 Å². The minimum atomic E-state index is -1.23. The maximum absolute atomic E-state index is 13.3. The van der Waals surface area contributed by atoms with Crippen molar-refractivity contribution in [2.24, 2.45) is 23.7 Å². The molecule has 1 amide bonds. The Morgan fingerprint density at radius 1 is 0.946 bits per heavy atom. The number of amides is 1. The minimum Gasteiger partial charge on any atom is -0.481 e. The van der Waals surface area contributed by atoms with Crippen molar-refractivity contribution < 1.29 is 38.5 Å². The number of nitrogens with zero attached hydrogens (tertiary/aromatic N) is 1. The number of carboxylic acids is 1. The van der Waals surface area contributed by atoms with Crippen LogP contribution in [0.15, 0.2) is 54.6 Å². The van der Waals surface area contributed by atoms with E-state index in [9.17, 15) is 24.3 Å². The van der Waals surface area contributed by atoms with Gasteiger partial charge in [-0.3, -0.25) is 19.2 Å². The molecule has 0 aromatic heterocycles. The summed E-state index contributed by atoms with van der Waals surface area (Å²) in [4.78, 5) is 50.8. The molecule has 3 atom stereocenters. The summed E-state index contributed by atoms with van der Waals surface area (Å²) >= 11 is 0. The molecule has 1 fully saturated rings. The highest BCUT2D eigenvalue weighted by atomic mass is 16.7. The van der Waals surface area contributed by atoms with Gasteiger partial charge in [-0.25, -0.2) is 0 Å². The fourth-order valence-corrected chi connectivity index (χ4v) is 4.19. The molecule has 0 heterocycles. The molecule has 0 radical (unpaired) electrons. The molecule has 198 valence electrons. The summed E-state index contributed by atoms with van der Waals surface area (Å²) in [6, 6.07) is 16.7. The molecule has 0 bridgehead atoms. The van der Waals surface area contributed by atoms with E-state index in [2.05, 4.69) is 0 Å². The molecule has 2 aromatic carbocycles. The molecule has 0 saturated heterocycles. The van der Waals surface area contributed by atoms with Gasteiger partial charge in [-0.15, -0.1) is 0 Å². The molecule has 9 nitrogen and oxygen atoms in total. The highest BCUT2D eigenvalue weighted by Crippen LogP contribution is 2.43. The molecule has 0 aliphatic heterocycles. The average Bonchev–Trinajstić information content (AvgIpc) is 2.84. The lowest BCUT2D eigenvalue weighted by Gasteiger charge is -2.41. The average molecular weight is 512 g/mol. The van der Waals surface area contributed by atoms with Crippen LogP contribution < -0.4 is 4.74 Å². The third-order valence-electron chi connectivity index (χ3n) is 6.23. The van der Waals surface area contributed by atoms with Crippen LogP contribution in [0.25, 0.3) is 0 Å². The largest absolute Gasteiger partial charge is 0.481 e. The van der Waals surface area contributed by atoms with E-state index in [1.807, 2.05) is 61.5 Å². The monoisotopic (exact) mass is 511 g/mol. The van der Waals surface area contributed by atoms with Crippen LogP contribution in [0.5, 0.6) is 11.5 Å². The Bertz CT molecular complexity index is 1080. The summed E-state index contributed by atoms with van der Waals surface area (Å²) in [7, 11) is 0. The fourth-order valence-electron chi connectivity index (χ4n) is 4.19. The van der Waals surface area contributed by atoms with Gasteiger partial charge >= 0.3 is 17.9 Å². The Kier molecular flexibility index (Phi) is 9.65. The van der Waals surface area contributed by atoms with Crippen LogP contribution in [0.1, 0.15) is 39.2 Å². The van der Waals surface area contributed by atoms with Crippen molar-refractivity contribution in [3.05, 3.63) is 60.2 Å². The van der Waals surface area contributed by atoms with Gasteiger partial charge < -0.3 is 24.2 Å². The van der Waals surface area contributed by atoms with Crippen LogP contribution in [0.3, 0.4) is 0 Å². The van der Waals surface area contributed by atoms with Crippen LogP contribution >= 0.6 is 0 Å². The standard InChI is InChI=1S/C28H33NO8/c1-4-14-29(16-19-10-12-21(13-11-19)37-20-8-6-5-7-9-20)25(30)22-15-23(24(22)26(31)32)28(34)36-17-35-27(33)18(2)3/h5-13,18,22-24H,4,14-17H2,1-3H3,(H,31,32). The van der Waals surface area contributed by atoms with Crippen molar-refractivity contribution in [1.29, 1.82) is 0 Å². The Labute approximate surface area is 216 Å². The van der Waals surface area contributed by atoms with Crippen LogP contribution in [0, 0.1) is 23.7 Å². The smallest absolute Gasteiger partial charge is 0.312 e. The van der Waals surface area contributed by atoms with Gasteiger partial charge in [-0.1, -0.05) is 51.1 Å². The molecule has 37 heavy (non-hydrogen) atoms.